The number of guanidine groups is 1. The predicted octanol–water partition coefficient (Wildman–Crippen LogP) is 2.09. The Morgan fingerprint density at radius 1 is 1.29 bits per heavy atom. The van der Waals surface area contributed by atoms with Crippen LogP contribution in [-0.4, -0.2) is 84.3 Å². The summed E-state index contributed by atoms with van der Waals surface area (Å²) in [6, 6.07) is 0.967. The van der Waals surface area contributed by atoms with Gasteiger partial charge in [-0.15, -0.1) is 0 Å². The molecule has 0 amide bonds. The van der Waals surface area contributed by atoms with Crippen LogP contribution in [0.4, 0.5) is 0 Å². The van der Waals surface area contributed by atoms with Gasteiger partial charge in [-0.3, -0.25) is 9.89 Å². The van der Waals surface area contributed by atoms with Gasteiger partial charge in [-0.2, -0.15) is 0 Å². The Hall–Kier alpha value is -1.60. The van der Waals surface area contributed by atoms with Gasteiger partial charge in [-0.05, 0) is 24.7 Å². The van der Waals surface area contributed by atoms with E-state index in [1.54, 1.807) is 0 Å². The molecule has 0 aromatic carbocycles. The van der Waals surface area contributed by atoms with Gasteiger partial charge in [0.15, 0.2) is 5.96 Å². The number of likely N-dealkylation sites (tertiary alicyclic amines) is 1. The number of rotatable bonds is 6. The van der Waals surface area contributed by atoms with Crippen LogP contribution in [0.2, 0.25) is 0 Å². The summed E-state index contributed by atoms with van der Waals surface area (Å²) >= 11 is 0. The zero-order valence-electron chi connectivity index (χ0n) is 18.0. The second-order valence-electron chi connectivity index (χ2n) is 8.65. The summed E-state index contributed by atoms with van der Waals surface area (Å²) in [7, 11) is 1.90. The number of imidazole rings is 1. The quantitative estimate of drug-likeness (QED) is 0.595. The summed E-state index contributed by atoms with van der Waals surface area (Å²) in [6.07, 6.45) is 8.26. The number of nitrogens with one attached hydrogen (secondary N) is 1. The standard InChI is InChI=1S/C21H38N6O/c1-17(2)13-19(25-9-11-28-12-10-25)14-24-21(22-4)26-7-5-18(3)20(15-26)27-8-6-23-16-27/h6,8,16-20H,5,7,9-15H2,1-4H3,(H,22,24). The highest BCUT2D eigenvalue weighted by atomic mass is 16.5. The first kappa shape index (κ1) is 21.1. The molecule has 1 aromatic heterocycles. The average Bonchev–Trinajstić information content (AvgIpc) is 3.23. The van der Waals surface area contributed by atoms with Gasteiger partial charge < -0.3 is 19.5 Å². The first-order valence-electron chi connectivity index (χ1n) is 10.8. The van der Waals surface area contributed by atoms with Crippen LogP contribution in [0.3, 0.4) is 0 Å². The van der Waals surface area contributed by atoms with Crippen molar-refractivity contribution in [1.29, 1.82) is 0 Å². The van der Waals surface area contributed by atoms with E-state index in [1.165, 1.54) is 12.8 Å². The van der Waals surface area contributed by atoms with Crippen molar-refractivity contribution >= 4 is 5.96 Å². The van der Waals surface area contributed by atoms with Crippen molar-refractivity contribution in [2.75, 3.05) is 53.0 Å². The van der Waals surface area contributed by atoms with Crippen molar-refractivity contribution in [2.45, 2.75) is 45.7 Å². The number of hydrogen-bond donors (Lipinski definition) is 1. The van der Waals surface area contributed by atoms with Gasteiger partial charge in [0, 0.05) is 58.2 Å². The molecule has 1 aromatic rings. The van der Waals surface area contributed by atoms with E-state index in [-0.39, 0.29) is 0 Å². The van der Waals surface area contributed by atoms with Crippen molar-refractivity contribution in [3.05, 3.63) is 18.7 Å². The molecule has 3 unspecified atom stereocenters. The zero-order chi connectivity index (χ0) is 19.9. The summed E-state index contributed by atoms with van der Waals surface area (Å²) in [5, 5.41) is 3.69. The summed E-state index contributed by atoms with van der Waals surface area (Å²) in [5.41, 5.74) is 0. The third kappa shape index (κ3) is 5.47. The number of morpholine rings is 1. The van der Waals surface area contributed by atoms with Gasteiger partial charge in [-0.1, -0.05) is 20.8 Å². The second kappa shape index (κ2) is 10.3. The molecular weight excluding hydrogens is 352 g/mol. The normalized spacial score (nSPS) is 25.9. The summed E-state index contributed by atoms with van der Waals surface area (Å²) in [6.45, 7) is 13.7. The lowest BCUT2D eigenvalue weighted by atomic mass is 9.93. The molecule has 3 heterocycles. The Bertz CT molecular complexity index is 596. The fourth-order valence-corrected chi connectivity index (χ4v) is 4.48. The molecule has 0 radical (unpaired) electrons. The minimum Gasteiger partial charge on any atom is -0.379 e. The number of aliphatic imine (C=N–C) groups is 1. The van der Waals surface area contributed by atoms with Crippen LogP contribution in [0.15, 0.2) is 23.7 Å². The molecule has 1 N–H and O–H groups in total. The van der Waals surface area contributed by atoms with Crippen molar-refractivity contribution in [2.24, 2.45) is 16.8 Å². The molecule has 2 fully saturated rings. The van der Waals surface area contributed by atoms with Crippen molar-refractivity contribution in [3.63, 3.8) is 0 Å². The van der Waals surface area contributed by atoms with Crippen LogP contribution in [0.5, 0.6) is 0 Å². The van der Waals surface area contributed by atoms with Crippen LogP contribution in [0.1, 0.15) is 39.7 Å². The average molecular weight is 391 g/mol. The van der Waals surface area contributed by atoms with Gasteiger partial charge in [-0.25, -0.2) is 4.98 Å². The molecule has 3 atom stereocenters. The van der Waals surface area contributed by atoms with Crippen LogP contribution < -0.4 is 5.32 Å². The molecule has 0 spiro atoms. The third-order valence-corrected chi connectivity index (χ3v) is 6.14. The molecular formula is C21H38N6O. The molecule has 2 aliphatic rings. The molecule has 7 nitrogen and oxygen atoms in total. The van der Waals surface area contributed by atoms with Gasteiger partial charge >= 0.3 is 0 Å². The van der Waals surface area contributed by atoms with Gasteiger partial charge in [0.2, 0.25) is 0 Å². The van der Waals surface area contributed by atoms with Crippen LogP contribution in [0.25, 0.3) is 0 Å². The monoisotopic (exact) mass is 390 g/mol. The molecule has 0 bridgehead atoms. The predicted molar refractivity (Wildman–Crippen MR) is 114 cm³/mol. The Balaban J connectivity index is 1.60. The molecule has 3 rings (SSSR count). The molecule has 0 aliphatic carbocycles. The summed E-state index contributed by atoms with van der Waals surface area (Å²) in [4.78, 5) is 13.8. The van der Waals surface area contributed by atoms with E-state index in [0.29, 0.717) is 23.9 Å². The lowest BCUT2D eigenvalue weighted by Crippen LogP contribution is -2.53. The van der Waals surface area contributed by atoms with E-state index < -0.39 is 0 Å². The van der Waals surface area contributed by atoms with Crippen LogP contribution in [-0.2, 0) is 4.74 Å². The highest BCUT2D eigenvalue weighted by molar-refractivity contribution is 5.80. The highest BCUT2D eigenvalue weighted by Crippen LogP contribution is 2.27. The van der Waals surface area contributed by atoms with E-state index in [9.17, 15) is 0 Å². The Labute approximate surface area is 170 Å². The minimum atomic E-state index is 0.445. The Morgan fingerprint density at radius 2 is 2.07 bits per heavy atom. The molecule has 2 saturated heterocycles. The maximum Gasteiger partial charge on any atom is 0.193 e. The van der Waals surface area contributed by atoms with Gasteiger partial charge in [0.1, 0.15) is 0 Å². The first-order chi connectivity index (χ1) is 13.6. The first-order valence-corrected chi connectivity index (χ1v) is 10.8. The number of nitrogens with zero attached hydrogens (tertiary/aromatic N) is 5. The maximum atomic E-state index is 5.55. The fraction of sp³-hybridized carbons (Fsp3) is 0.810. The van der Waals surface area contributed by atoms with Gasteiger partial charge in [0.05, 0.1) is 25.6 Å². The third-order valence-electron chi connectivity index (χ3n) is 6.14. The van der Waals surface area contributed by atoms with Crippen molar-refractivity contribution in [3.8, 4) is 0 Å². The van der Waals surface area contributed by atoms with Crippen LogP contribution >= 0.6 is 0 Å². The number of ether oxygens (including phenoxy) is 1. The summed E-state index contributed by atoms with van der Waals surface area (Å²) < 4.78 is 7.80. The maximum absolute atomic E-state index is 5.55. The van der Waals surface area contributed by atoms with E-state index in [1.807, 2.05) is 19.6 Å². The van der Waals surface area contributed by atoms with Crippen LogP contribution in [0, 0.1) is 11.8 Å². The lowest BCUT2D eigenvalue weighted by Gasteiger charge is -2.40. The lowest BCUT2D eigenvalue weighted by molar-refractivity contribution is 0.0131. The van der Waals surface area contributed by atoms with E-state index in [0.717, 1.165) is 51.9 Å². The van der Waals surface area contributed by atoms with Gasteiger partial charge in [0.25, 0.3) is 0 Å². The number of hydrogen-bond acceptors (Lipinski definition) is 4. The van der Waals surface area contributed by atoms with Crippen molar-refractivity contribution < 1.29 is 4.74 Å². The highest BCUT2D eigenvalue weighted by Gasteiger charge is 2.29. The smallest absolute Gasteiger partial charge is 0.193 e. The van der Waals surface area contributed by atoms with Crippen molar-refractivity contribution in [1.82, 2.24) is 24.7 Å². The Kier molecular flexibility index (Phi) is 7.73. The molecule has 158 valence electrons. The molecule has 0 saturated carbocycles. The molecule has 28 heavy (non-hydrogen) atoms. The fourth-order valence-electron chi connectivity index (χ4n) is 4.48. The largest absolute Gasteiger partial charge is 0.379 e. The topological polar surface area (TPSA) is 57.9 Å². The number of piperidine rings is 1. The number of aromatic nitrogens is 2. The SMILES string of the molecule is CN=C(NCC(CC(C)C)N1CCOCC1)N1CCC(C)C(n2ccnc2)C1. The zero-order valence-corrected chi connectivity index (χ0v) is 18.0. The van der Waals surface area contributed by atoms with E-state index in [4.69, 9.17) is 4.74 Å². The molecule has 2 aliphatic heterocycles. The Morgan fingerprint density at radius 3 is 2.71 bits per heavy atom. The minimum absolute atomic E-state index is 0.445. The summed E-state index contributed by atoms with van der Waals surface area (Å²) in [5.74, 6) is 2.35. The van der Waals surface area contributed by atoms with E-state index >= 15 is 0 Å². The molecule has 7 heteroatoms. The van der Waals surface area contributed by atoms with E-state index in [2.05, 4.69) is 56.6 Å². The second-order valence-corrected chi connectivity index (χ2v) is 8.65.